The SMILES string of the molecule is CN(CC(=O)NCc1ccc(-c2ccc3c(c2)CCO3)cc1)S(=O)(=O)c1ccc(Cl)s1. The van der Waals surface area contributed by atoms with Crippen LogP contribution < -0.4 is 10.1 Å². The van der Waals surface area contributed by atoms with Gasteiger partial charge in [0.05, 0.1) is 17.5 Å². The Morgan fingerprint density at radius 2 is 1.87 bits per heavy atom. The number of fused-ring (bicyclic) bond motifs is 1. The minimum atomic E-state index is -3.74. The van der Waals surface area contributed by atoms with E-state index < -0.39 is 10.0 Å². The van der Waals surface area contributed by atoms with Gasteiger partial charge in [0.2, 0.25) is 5.91 Å². The molecule has 1 aliphatic heterocycles. The number of halogens is 1. The molecule has 0 saturated heterocycles. The summed E-state index contributed by atoms with van der Waals surface area (Å²) in [5.74, 6) is 0.577. The summed E-state index contributed by atoms with van der Waals surface area (Å²) >= 11 is 6.78. The molecule has 4 rings (SSSR count). The molecular formula is C22H21ClN2O4S2. The van der Waals surface area contributed by atoms with Crippen molar-refractivity contribution in [1.82, 2.24) is 9.62 Å². The molecule has 2 aromatic carbocycles. The number of thiophene rings is 1. The molecule has 3 aromatic rings. The van der Waals surface area contributed by atoms with Crippen LogP contribution in [0.25, 0.3) is 11.1 Å². The second-order valence-corrected chi connectivity index (χ2v) is 11.2. The molecule has 1 N–H and O–H groups in total. The van der Waals surface area contributed by atoms with Crippen LogP contribution >= 0.6 is 22.9 Å². The lowest BCUT2D eigenvalue weighted by Crippen LogP contribution is -2.37. The predicted octanol–water partition coefficient (Wildman–Crippen LogP) is 3.94. The molecular weight excluding hydrogens is 456 g/mol. The highest BCUT2D eigenvalue weighted by molar-refractivity contribution is 7.91. The summed E-state index contributed by atoms with van der Waals surface area (Å²) in [5, 5.41) is 2.77. The lowest BCUT2D eigenvalue weighted by atomic mass is 10.0. The van der Waals surface area contributed by atoms with Gasteiger partial charge in [-0.25, -0.2) is 8.42 Å². The van der Waals surface area contributed by atoms with Gasteiger partial charge in [0.15, 0.2) is 0 Å². The van der Waals surface area contributed by atoms with Crippen molar-refractivity contribution < 1.29 is 17.9 Å². The molecule has 9 heteroatoms. The van der Waals surface area contributed by atoms with Crippen molar-refractivity contribution in [3.63, 3.8) is 0 Å². The zero-order valence-electron chi connectivity index (χ0n) is 16.8. The number of hydrogen-bond acceptors (Lipinski definition) is 5. The highest BCUT2D eigenvalue weighted by Crippen LogP contribution is 2.30. The van der Waals surface area contributed by atoms with Crippen LogP contribution in [0.15, 0.2) is 58.8 Å². The number of sulfonamides is 1. The van der Waals surface area contributed by atoms with Gasteiger partial charge in [0, 0.05) is 20.0 Å². The van der Waals surface area contributed by atoms with E-state index in [0.717, 1.165) is 51.1 Å². The normalized spacial score (nSPS) is 13.1. The third-order valence-corrected chi connectivity index (χ3v) is 8.55. The van der Waals surface area contributed by atoms with Gasteiger partial charge in [0.25, 0.3) is 10.0 Å². The number of likely N-dealkylation sites (N-methyl/N-ethyl adjacent to an activating group) is 1. The lowest BCUT2D eigenvalue weighted by molar-refractivity contribution is -0.121. The molecule has 0 aliphatic carbocycles. The molecule has 6 nitrogen and oxygen atoms in total. The van der Waals surface area contributed by atoms with Gasteiger partial charge < -0.3 is 10.1 Å². The third-order valence-electron chi connectivity index (χ3n) is 5.05. The van der Waals surface area contributed by atoms with Crippen molar-refractivity contribution in [2.45, 2.75) is 17.2 Å². The molecule has 162 valence electrons. The summed E-state index contributed by atoms with van der Waals surface area (Å²) in [6, 6.07) is 17.1. The number of nitrogens with zero attached hydrogens (tertiary/aromatic N) is 1. The maximum Gasteiger partial charge on any atom is 0.252 e. The lowest BCUT2D eigenvalue weighted by Gasteiger charge is -2.15. The zero-order valence-corrected chi connectivity index (χ0v) is 19.2. The number of nitrogens with one attached hydrogen (secondary N) is 1. The first-order valence-corrected chi connectivity index (χ1v) is 12.3. The number of carbonyl (C=O) groups is 1. The van der Waals surface area contributed by atoms with Gasteiger partial charge in [-0.05, 0) is 46.5 Å². The Bertz CT molecular complexity index is 1210. The van der Waals surface area contributed by atoms with Crippen molar-refractivity contribution in [2.75, 3.05) is 20.2 Å². The van der Waals surface area contributed by atoms with Crippen molar-refractivity contribution >= 4 is 38.9 Å². The molecule has 0 atom stereocenters. The molecule has 0 radical (unpaired) electrons. The van der Waals surface area contributed by atoms with Crippen LogP contribution in [0.4, 0.5) is 0 Å². The van der Waals surface area contributed by atoms with Gasteiger partial charge in [-0.15, -0.1) is 11.3 Å². The number of carbonyl (C=O) groups excluding carboxylic acids is 1. The van der Waals surface area contributed by atoms with E-state index in [2.05, 4.69) is 11.4 Å². The van der Waals surface area contributed by atoms with E-state index in [1.54, 1.807) is 0 Å². The van der Waals surface area contributed by atoms with Crippen LogP contribution in [0, 0.1) is 0 Å². The van der Waals surface area contributed by atoms with Crippen LogP contribution in [-0.2, 0) is 27.8 Å². The van der Waals surface area contributed by atoms with Gasteiger partial charge in [-0.3, -0.25) is 4.79 Å². The molecule has 0 spiro atoms. The monoisotopic (exact) mass is 476 g/mol. The van der Waals surface area contributed by atoms with Crippen molar-refractivity contribution in [1.29, 1.82) is 0 Å². The fraction of sp³-hybridized carbons (Fsp3) is 0.227. The fourth-order valence-electron chi connectivity index (χ4n) is 3.31. The first kappa shape index (κ1) is 21.8. The predicted molar refractivity (Wildman–Crippen MR) is 122 cm³/mol. The summed E-state index contributed by atoms with van der Waals surface area (Å²) in [6.45, 7) is 0.776. The van der Waals surface area contributed by atoms with Gasteiger partial charge >= 0.3 is 0 Å². The quantitative estimate of drug-likeness (QED) is 0.560. The summed E-state index contributed by atoms with van der Waals surface area (Å²) < 4.78 is 32.0. The van der Waals surface area contributed by atoms with E-state index in [1.807, 2.05) is 36.4 Å². The van der Waals surface area contributed by atoms with E-state index >= 15 is 0 Å². The number of benzene rings is 2. The van der Waals surface area contributed by atoms with Crippen LogP contribution in [0.5, 0.6) is 5.75 Å². The van der Waals surface area contributed by atoms with Crippen LogP contribution in [-0.4, -0.2) is 38.8 Å². The van der Waals surface area contributed by atoms with E-state index in [1.165, 1.54) is 24.7 Å². The largest absolute Gasteiger partial charge is 0.493 e. The number of ether oxygens (including phenoxy) is 1. The fourth-order valence-corrected chi connectivity index (χ4v) is 6.14. The molecule has 2 heterocycles. The van der Waals surface area contributed by atoms with Crippen molar-refractivity contribution in [3.8, 4) is 16.9 Å². The average molecular weight is 477 g/mol. The first-order chi connectivity index (χ1) is 14.8. The number of rotatable bonds is 7. The maximum absolute atomic E-state index is 12.5. The standard InChI is InChI=1S/C22H21ClN2O4S2/c1-25(31(27,28)22-9-8-20(23)30-22)14-21(26)24-13-15-2-4-16(5-3-15)17-6-7-19-18(12-17)10-11-29-19/h2-9,12H,10-11,13-14H2,1H3,(H,24,26). The third kappa shape index (κ3) is 4.93. The Hall–Kier alpha value is -2.39. The van der Waals surface area contributed by atoms with E-state index in [4.69, 9.17) is 16.3 Å². The average Bonchev–Trinajstić information content (AvgIpc) is 3.41. The Labute approximate surface area is 190 Å². The Balaban J connectivity index is 1.33. The van der Waals surface area contributed by atoms with Crippen molar-refractivity contribution in [2.24, 2.45) is 0 Å². The Morgan fingerprint density at radius 3 is 2.58 bits per heavy atom. The van der Waals surface area contributed by atoms with Crippen LogP contribution in [0.2, 0.25) is 4.34 Å². The minimum absolute atomic E-state index is 0.113. The molecule has 0 saturated carbocycles. The Kier molecular flexibility index (Phi) is 6.34. The zero-order chi connectivity index (χ0) is 22.0. The minimum Gasteiger partial charge on any atom is -0.493 e. The number of hydrogen-bond donors (Lipinski definition) is 1. The van der Waals surface area contributed by atoms with Crippen molar-refractivity contribution in [3.05, 3.63) is 70.1 Å². The van der Waals surface area contributed by atoms with E-state index in [0.29, 0.717) is 10.9 Å². The van der Waals surface area contributed by atoms with E-state index in [-0.39, 0.29) is 16.7 Å². The van der Waals surface area contributed by atoms with Crippen LogP contribution in [0.1, 0.15) is 11.1 Å². The van der Waals surface area contributed by atoms with Gasteiger partial charge in [-0.2, -0.15) is 4.31 Å². The summed E-state index contributed by atoms with van der Waals surface area (Å²) in [4.78, 5) is 12.3. The topological polar surface area (TPSA) is 75.7 Å². The smallest absolute Gasteiger partial charge is 0.252 e. The van der Waals surface area contributed by atoms with Gasteiger partial charge in [0.1, 0.15) is 9.96 Å². The maximum atomic E-state index is 12.5. The molecule has 0 bridgehead atoms. The van der Waals surface area contributed by atoms with Gasteiger partial charge in [-0.1, -0.05) is 41.9 Å². The molecule has 1 amide bonds. The molecule has 1 aliphatic rings. The molecule has 31 heavy (non-hydrogen) atoms. The molecule has 1 aromatic heterocycles. The second kappa shape index (κ2) is 9.00. The number of amides is 1. The summed E-state index contributed by atoms with van der Waals surface area (Å²) in [7, 11) is -2.37. The Morgan fingerprint density at radius 1 is 1.13 bits per heavy atom. The van der Waals surface area contributed by atoms with E-state index in [9.17, 15) is 13.2 Å². The first-order valence-electron chi connectivity index (χ1n) is 9.66. The highest BCUT2D eigenvalue weighted by atomic mass is 35.5. The molecule has 0 unspecified atom stereocenters. The van der Waals surface area contributed by atoms with Crippen LogP contribution in [0.3, 0.4) is 0 Å². The summed E-state index contributed by atoms with van der Waals surface area (Å²) in [6.07, 6.45) is 0.928. The molecule has 0 fully saturated rings. The second-order valence-electron chi connectivity index (χ2n) is 7.21. The highest BCUT2D eigenvalue weighted by Gasteiger charge is 2.24. The summed E-state index contributed by atoms with van der Waals surface area (Å²) in [5.41, 5.74) is 4.36.